The monoisotopic (exact) mass is 554 g/mol. The highest BCUT2D eigenvalue weighted by Crippen LogP contribution is 2.19. The Hall–Kier alpha value is -2.36. The van der Waals surface area contributed by atoms with E-state index in [2.05, 4.69) is 33.8 Å². The van der Waals surface area contributed by atoms with Gasteiger partial charge in [-0.25, -0.2) is 4.39 Å². The predicted octanol–water partition coefficient (Wildman–Crippen LogP) is 3.74. The molecule has 1 amide bonds. The van der Waals surface area contributed by atoms with Crippen LogP contribution in [0.25, 0.3) is 0 Å². The summed E-state index contributed by atoms with van der Waals surface area (Å²) >= 11 is 0. The number of fused-ring (bicyclic) bond motifs is 1. The van der Waals surface area contributed by atoms with E-state index in [0.717, 1.165) is 19.4 Å². The van der Waals surface area contributed by atoms with Crippen LogP contribution in [0.3, 0.4) is 0 Å². The number of amides is 1. The molecule has 3 rings (SSSR count). The van der Waals surface area contributed by atoms with Gasteiger partial charge in [0, 0.05) is 33.1 Å². The Balaban J connectivity index is 0.00000363. The van der Waals surface area contributed by atoms with E-state index in [4.69, 9.17) is 4.74 Å². The third-order valence-electron chi connectivity index (χ3n) is 5.27. The van der Waals surface area contributed by atoms with Crippen molar-refractivity contribution in [3.8, 4) is 5.75 Å². The van der Waals surface area contributed by atoms with Crippen LogP contribution in [0.15, 0.2) is 53.5 Å². The summed E-state index contributed by atoms with van der Waals surface area (Å²) < 4.78 is 18.7. The number of aliphatic imine (C=N–C) groups is 1. The molecule has 1 aliphatic heterocycles. The van der Waals surface area contributed by atoms with E-state index in [1.165, 1.54) is 23.3 Å². The van der Waals surface area contributed by atoms with Gasteiger partial charge in [0.1, 0.15) is 17.7 Å². The van der Waals surface area contributed by atoms with Crippen LogP contribution in [0.2, 0.25) is 0 Å². The van der Waals surface area contributed by atoms with E-state index in [-0.39, 0.29) is 41.8 Å². The van der Waals surface area contributed by atoms with Gasteiger partial charge in [-0.15, -0.1) is 24.0 Å². The van der Waals surface area contributed by atoms with Crippen LogP contribution in [0.1, 0.15) is 30.9 Å². The summed E-state index contributed by atoms with van der Waals surface area (Å²) in [5.41, 5.74) is 2.60. The molecule has 8 heteroatoms. The second-order valence-electron chi connectivity index (χ2n) is 7.70. The lowest BCUT2D eigenvalue weighted by Gasteiger charge is -2.29. The van der Waals surface area contributed by atoms with E-state index < -0.39 is 0 Å². The van der Waals surface area contributed by atoms with Crippen molar-refractivity contribution in [2.45, 2.75) is 38.8 Å². The van der Waals surface area contributed by atoms with E-state index in [9.17, 15) is 9.18 Å². The van der Waals surface area contributed by atoms with Crippen molar-refractivity contribution in [1.29, 1.82) is 0 Å². The fourth-order valence-electron chi connectivity index (χ4n) is 3.56. The second-order valence-corrected chi connectivity index (χ2v) is 7.70. The zero-order valence-corrected chi connectivity index (χ0v) is 21.0. The number of hydrogen-bond donors (Lipinski definition) is 2. The van der Waals surface area contributed by atoms with Crippen molar-refractivity contribution in [3.05, 3.63) is 65.5 Å². The molecule has 2 aromatic rings. The Labute approximate surface area is 206 Å². The lowest BCUT2D eigenvalue weighted by molar-refractivity contribution is -0.132. The Morgan fingerprint density at radius 2 is 1.88 bits per heavy atom. The molecule has 0 saturated heterocycles. The maximum atomic E-state index is 13.0. The molecule has 1 heterocycles. The predicted molar refractivity (Wildman–Crippen MR) is 136 cm³/mol. The van der Waals surface area contributed by atoms with Gasteiger partial charge in [0.05, 0.1) is 6.54 Å². The average molecular weight is 554 g/mol. The summed E-state index contributed by atoms with van der Waals surface area (Å²) in [7, 11) is 1.71. The Bertz CT molecular complexity index is 892. The highest BCUT2D eigenvalue weighted by atomic mass is 127. The largest absolute Gasteiger partial charge is 0.489 e. The summed E-state index contributed by atoms with van der Waals surface area (Å²) in [5.74, 6) is 1.19. The molecule has 0 aliphatic carbocycles. The fourth-order valence-corrected chi connectivity index (χ4v) is 3.56. The van der Waals surface area contributed by atoms with Crippen LogP contribution >= 0.6 is 24.0 Å². The number of carbonyl (C=O) groups excluding carboxylic acids is 1. The van der Waals surface area contributed by atoms with E-state index >= 15 is 0 Å². The SMILES string of the molecule is CN=C(NCCCC(=O)N1CCc2ccccc2C1)NCC(C)Oc1ccc(F)cc1.I. The molecule has 174 valence electrons. The van der Waals surface area contributed by atoms with Gasteiger partial charge in [-0.1, -0.05) is 24.3 Å². The van der Waals surface area contributed by atoms with Gasteiger partial charge in [-0.05, 0) is 55.2 Å². The second kappa shape index (κ2) is 13.2. The first-order valence-corrected chi connectivity index (χ1v) is 10.8. The Morgan fingerprint density at radius 1 is 1.16 bits per heavy atom. The zero-order chi connectivity index (χ0) is 22.1. The van der Waals surface area contributed by atoms with Crippen molar-refractivity contribution in [2.24, 2.45) is 4.99 Å². The maximum absolute atomic E-state index is 13.0. The normalized spacial score (nSPS) is 14.1. The summed E-state index contributed by atoms with van der Waals surface area (Å²) in [6.45, 7) is 4.63. The molecule has 1 aliphatic rings. The topological polar surface area (TPSA) is 66.0 Å². The van der Waals surface area contributed by atoms with Crippen LogP contribution in [-0.4, -0.2) is 49.6 Å². The van der Waals surface area contributed by atoms with Crippen LogP contribution in [0.4, 0.5) is 4.39 Å². The van der Waals surface area contributed by atoms with Crippen LogP contribution in [-0.2, 0) is 17.8 Å². The van der Waals surface area contributed by atoms with Gasteiger partial charge < -0.3 is 20.3 Å². The molecule has 0 radical (unpaired) electrons. The smallest absolute Gasteiger partial charge is 0.222 e. The number of guanidine groups is 1. The summed E-state index contributed by atoms with van der Waals surface area (Å²) in [4.78, 5) is 18.7. The number of carbonyl (C=O) groups is 1. The standard InChI is InChI=1S/C24H31FN4O2.HI/c1-18(31-22-11-9-21(25)10-12-22)16-28-24(26-2)27-14-5-8-23(30)29-15-13-19-6-3-4-7-20(19)17-29;/h3-4,6-7,9-12,18H,5,8,13-17H2,1-2H3,(H2,26,27,28);1H. The highest BCUT2D eigenvalue weighted by molar-refractivity contribution is 14.0. The van der Waals surface area contributed by atoms with Gasteiger partial charge in [0.2, 0.25) is 5.91 Å². The van der Waals surface area contributed by atoms with Crippen molar-refractivity contribution >= 4 is 35.8 Å². The van der Waals surface area contributed by atoms with Gasteiger partial charge in [-0.3, -0.25) is 9.79 Å². The summed E-state index contributed by atoms with van der Waals surface area (Å²) in [6, 6.07) is 14.3. The first-order valence-electron chi connectivity index (χ1n) is 10.8. The highest BCUT2D eigenvalue weighted by Gasteiger charge is 2.19. The summed E-state index contributed by atoms with van der Waals surface area (Å²) in [5, 5.41) is 6.44. The fraction of sp³-hybridized carbons (Fsp3) is 0.417. The van der Waals surface area contributed by atoms with Crippen molar-refractivity contribution < 1.29 is 13.9 Å². The third kappa shape index (κ3) is 7.96. The van der Waals surface area contributed by atoms with Crippen LogP contribution in [0.5, 0.6) is 5.75 Å². The first-order chi connectivity index (χ1) is 15.0. The molecule has 1 unspecified atom stereocenters. The number of halogens is 2. The van der Waals surface area contributed by atoms with Crippen LogP contribution < -0.4 is 15.4 Å². The lowest BCUT2D eigenvalue weighted by Crippen LogP contribution is -2.42. The molecule has 0 saturated carbocycles. The quantitative estimate of drug-likeness (QED) is 0.226. The lowest BCUT2D eigenvalue weighted by atomic mass is 9.99. The molecular weight excluding hydrogens is 522 g/mol. The molecule has 32 heavy (non-hydrogen) atoms. The molecule has 0 bridgehead atoms. The number of rotatable bonds is 8. The van der Waals surface area contributed by atoms with Gasteiger partial charge in [-0.2, -0.15) is 0 Å². The molecular formula is C24H32FIN4O2. The van der Waals surface area contributed by atoms with Gasteiger partial charge in [0.15, 0.2) is 5.96 Å². The minimum atomic E-state index is -0.286. The van der Waals surface area contributed by atoms with Crippen molar-refractivity contribution in [3.63, 3.8) is 0 Å². The molecule has 6 nitrogen and oxygen atoms in total. The molecule has 2 N–H and O–H groups in total. The van der Waals surface area contributed by atoms with Crippen molar-refractivity contribution in [1.82, 2.24) is 15.5 Å². The van der Waals surface area contributed by atoms with Crippen molar-refractivity contribution in [2.75, 3.05) is 26.7 Å². The summed E-state index contributed by atoms with van der Waals surface area (Å²) in [6.07, 6.45) is 2.05. The molecule has 2 aromatic carbocycles. The number of nitrogens with zero attached hydrogens (tertiary/aromatic N) is 2. The molecule has 0 aromatic heterocycles. The molecule has 1 atom stereocenters. The Morgan fingerprint density at radius 3 is 2.59 bits per heavy atom. The van der Waals surface area contributed by atoms with Gasteiger partial charge in [0.25, 0.3) is 0 Å². The minimum Gasteiger partial charge on any atom is -0.489 e. The number of nitrogens with one attached hydrogen (secondary N) is 2. The number of ether oxygens (including phenoxy) is 1. The zero-order valence-electron chi connectivity index (χ0n) is 18.6. The third-order valence-corrected chi connectivity index (χ3v) is 5.27. The first kappa shape index (κ1) is 25.9. The van der Waals surface area contributed by atoms with E-state index in [1.54, 1.807) is 19.2 Å². The van der Waals surface area contributed by atoms with Crippen LogP contribution in [0, 0.1) is 5.82 Å². The average Bonchev–Trinajstić information content (AvgIpc) is 2.79. The number of hydrogen-bond acceptors (Lipinski definition) is 3. The maximum Gasteiger partial charge on any atom is 0.222 e. The Kier molecular flexibility index (Phi) is 10.7. The minimum absolute atomic E-state index is 0. The van der Waals surface area contributed by atoms with Gasteiger partial charge >= 0.3 is 0 Å². The van der Waals surface area contributed by atoms with E-state index in [0.29, 0.717) is 37.8 Å². The van der Waals surface area contributed by atoms with E-state index in [1.807, 2.05) is 17.9 Å². The molecule has 0 spiro atoms. The molecule has 0 fully saturated rings. The number of benzene rings is 2.